The van der Waals surface area contributed by atoms with E-state index >= 15 is 0 Å². The lowest BCUT2D eigenvalue weighted by molar-refractivity contribution is -0.153. The Balaban J connectivity index is 2.26. The molecule has 0 aliphatic carbocycles. The zero-order chi connectivity index (χ0) is 25.5. The normalized spacial score (nSPS) is 31.8. The second-order valence-corrected chi connectivity index (χ2v) is 10.9. The van der Waals surface area contributed by atoms with E-state index in [-0.39, 0.29) is 24.7 Å². The second-order valence-electron chi connectivity index (χ2n) is 9.95. The summed E-state index contributed by atoms with van der Waals surface area (Å²) in [5, 5.41) is 33.1. The largest absolute Gasteiger partial charge is 0.458 e. The summed E-state index contributed by atoms with van der Waals surface area (Å²) in [6.45, 7) is 8.74. The highest BCUT2D eigenvalue weighted by atomic mass is 32.1. The average molecular weight is 494 g/mol. The van der Waals surface area contributed by atoms with Crippen molar-refractivity contribution in [3.05, 3.63) is 33.8 Å². The predicted molar refractivity (Wildman–Crippen MR) is 133 cm³/mol. The molecule has 0 aromatic carbocycles. The van der Waals surface area contributed by atoms with Gasteiger partial charge in [0.1, 0.15) is 16.9 Å². The van der Waals surface area contributed by atoms with Gasteiger partial charge in [0.15, 0.2) is 0 Å². The number of hydrogen-bond donors (Lipinski definition) is 3. The summed E-state index contributed by atoms with van der Waals surface area (Å²) in [4.78, 5) is 30.1. The molecule has 8 heteroatoms. The molecule has 5 atom stereocenters. The van der Waals surface area contributed by atoms with Crippen LogP contribution in [0.25, 0.3) is 6.08 Å². The number of ether oxygens (including phenoxy) is 1. The Labute approximate surface area is 206 Å². The molecule has 0 fully saturated rings. The van der Waals surface area contributed by atoms with Crippen molar-refractivity contribution in [3.63, 3.8) is 0 Å². The van der Waals surface area contributed by atoms with Crippen LogP contribution < -0.4 is 0 Å². The van der Waals surface area contributed by atoms with Gasteiger partial charge in [-0.15, -0.1) is 11.3 Å². The van der Waals surface area contributed by atoms with Crippen LogP contribution in [0.15, 0.2) is 23.1 Å². The van der Waals surface area contributed by atoms with Gasteiger partial charge >= 0.3 is 5.97 Å². The minimum Gasteiger partial charge on any atom is -0.458 e. The van der Waals surface area contributed by atoms with Crippen LogP contribution in [-0.2, 0) is 20.9 Å². The summed E-state index contributed by atoms with van der Waals surface area (Å²) in [6.07, 6.45) is 5.59. The number of carbonyl (C=O) groups excluding carboxylic acids is 2. The zero-order valence-electron chi connectivity index (χ0n) is 20.9. The van der Waals surface area contributed by atoms with Crippen molar-refractivity contribution >= 4 is 29.2 Å². The number of esters is 1. The summed E-state index contributed by atoms with van der Waals surface area (Å²) >= 11 is 1.35. The van der Waals surface area contributed by atoms with Crippen molar-refractivity contribution in [2.45, 2.75) is 91.6 Å². The maximum Gasteiger partial charge on any atom is 0.309 e. The number of carbonyl (C=O) groups is 2. The summed E-state index contributed by atoms with van der Waals surface area (Å²) in [6, 6.07) is 0. The first-order valence-electron chi connectivity index (χ1n) is 11.9. The van der Waals surface area contributed by atoms with E-state index in [2.05, 4.69) is 4.98 Å². The number of Topliss-reactive ketones (excluding diaryl/α,β-unsaturated/α-hetero) is 1. The van der Waals surface area contributed by atoms with E-state index in [4.69, 9.17) is 4.74 Å². The van der Waals surface area contributed by atoms with Crippen LogP contribution in [0.4, 0.5) is 0 Å². The van der Waals surface area contributed by atoms with Gasteiger partial charge in [0.2, 0.25) is 0 Å². The number of nitrogens with zero attached hydrogens (tertiary/aromatic N) is 1. The summed E-state index contributed by atoms with van der Waals surface area (Å²) in [7, 11) is 0. The highest BCUT2D eigenvalue weighted by molar-refractivity contribution is 7.09. The lowest BCUT2D eigenvalue weighted by Gasteiger charge is -2.34. The molecule has 0 saturated heterocycles. The molecule has 1 aromatic heterocycles. The van der Waals surface area contributed by atoms with Gasteiger partial charge in [0, 0.05) is 17.7 Å². The standard InChI is InChI=1S/C26H39NO6S/c1-16-7-6-8-17(2)24(31)18(3)25(32)26(4,5)21(29)13-23(30)33-20(11-9-16)12-10-19-15-34-22(14-28)27-19/h9-10,12,15,17-18,20-21,24,28-29,31H,6-8,11,13-14H2,1-5H3/b12-10?,16-9-/t17-,18+,20-,21-,24-/m0/s1. The van der Waals surface area contributed by atoms with Gasteiger partial charge in [0.05, 0.1) is 36.3 Å². The first-order chi connectivity index (χ1) is 15.9. The van der Waals surface area contributed by atoms with Crippen LogP contribution in [0.1, 0.15) is 77.4 Å². The number of hydrogen-bond acceptors (Lipinski definition) is 8. The lowest BCUT2D eigenvalue weighted by Crippen LogP contribution is -2.45. The van der Waals surface area contributed by atoms with Crippen molar-refractivity contribution in [3.8, 4) is 0 Å². The first kappa shape index (κ1) is 28.4. The minimum atomic E-state index is -1.24. The molecule has 1 aromatic rings. The highest BCUT2D eigenvalue weighted by Gasteiger charge is 2.42. The fourth-order valence-corrected chi connectivity index (χ4v) is 4.79. The first-order valence-corrected chi connectivity index (χ1v) is 12.8. The Hall–Kier alpha value is -1.87. The molecule has 2 rings (SSSR count). The third-order valence-electron chi connectivity index (χ3n) is 6.74. The lowest BCUT2D eigenvalue weighted by atomic mass is 9.73. The van der Waals surface area contributed by atoms with Gasteiger partial charge in [-0.3, -0.25) is 9.59 Å². The molecule has 190 valence electrons. The molecule has 0 amide bonds. The van der Waals surface area contributed by atoms with E-state index < -0.39 is 35.6 Å². The topological polar surface area (TPSA) is 117 Å². The highest BCUT2D eigenvalue weighted by Crippen LogP contribution is 2.32. The van der Waals surface area contributed by atoms with Gasteiger partial charge in [0.25, 0.3) is 0 Å². The fourth-order valence-electron chi connectivity index (χ4n) is 4.17. The number of ketones is 1. The van der Waals surface area contributed by atoms with E-state index in [0.717, 1.165) is 24.8 Å². The number of rotatable bonds is 3. The van der Waals surface area contributed by atoms with Gasteiger partial charge in [-0.25, -0.2) is 4.98 Å². The van der Waals surface area contributed by atoms with Crippen LogP contribution in [-0.4, -0.2) is 50.4 Å². The van der Waals surface area contributed by atoms with E-state index in [0.29, 0.717) is 17.1 Å². The van der Waals surface area contributed by atoms with Crippen LogP contribution in [0.5, 0.6) is 0 Å². The molecular formula is C26H39NO6S. The van der Waals surface area contributed by atoms with E-state index in [1.54, 1.807) is 32.9 Å². The van der Waals surface area contributed by atoms with Crippen LogP contribution in [0, 0.1) is 17.3 Å². The molecule has 1 aliphatic heterocycles. The Bertz CT molecular complexity index is 890. The number of allylic oxidation sites excluding steroid dienone is 1. The maximum atomic E-state index is 13.1. The number of aliphatic hydroxyl groups is 3. The molecule has 0 bridgehead atoms. The van der Waals surface area contributed by atoms with E-state index in [9.17, 15) is 24.9 Å². The van der Waals surface area contributed by atoms with Crippen molar-refractivity contribution in [2.24, 2.45) is 17.3 Å². The minimum absolute atomic E-state index is 0.0600. The Morgan fingerprint density at radius 2 is 1.97 bits per heavy atom. The van der Waals surface area contributed by atoms with Crippen molar-refractivity contribution in [1.82, 2.24) is 4.98 Å². The fraction of sp³-hybridized carbons (Fsp3) is 0.654. The summed E-state index contributed by atoms with van der Waals surface area (Å²) < 4.78 is 5.65. The average Bonchev–Trinajstić information content (AvgIpc) is 3.26. The SMILES string of the molecule is C/C1=C/C[C@@H](C=Cc2csc(CO)n2)OC(=O)C[C@H](O)C(C)(C)C(=O)[C@H](C)[C@@H](O)[C@@H](C)CCC1. The molecule has 2 heterocycles. The van der Waals surface area contributed by atoms with Crippen molar-refractivity contribution < 1.29 is 29.6 Å². The quantitative estimate of drug-likeness (QED) is 0.429. The molecule has 7 nitrogen and oxygen atoms in total. The third-order valence-corrected chi connectivity index (χ3v) is 7.59. The number of aromatic nitrogens is 1. The third kappa shape index (κ3) is 7.83. The molecule has 0 unspecified atom stereocenters. The maximum absolute atomic E-state index is 13.1. The van der Waals surface area contributed by atoms with Crippen LogP contribution >= 0.6 is 11.3 Å². The monoisotopic (exact) mass is 493 g/mol. The van der Waals surface area contributed by atoms with Gasteiger partial charge in [-0.2, -0.15) is 0 Å². The molecule has 0 spiro atoms. The Morgan fingerprint density at radius 3 is 2.62 bits per heavy atom. The Kier molecular flexibility index (Phi) is 10.6. The summed E-state index contributed by atoms with van der Waals surface area (Å²) in [5.74, 6) is -1.58. The number of cyclic esters (lactones) is 1. The molecular weight excluding hydrogens is 454 g/mol. The molecule has 34 heavy (non-hydrogen) atoms. The van der Waals surface area contributed by atoms with E-state index in [1.165, 1.54) is 11.3 Å². The van der Waals surface area contributed by atoms with Crippen molar-refractivity contribution in [1.29, 1.82) is 0 Å². The van der Waals surface area contributed by atoms with Crippen LogP contribution in [0.3, 0.4) is 0 Å². The van der Waals surface area contributed by atoms with Gasteiger partial charge in [-0.05, 0) is 44.3 Å². The van der Waals surface area contributed by atoms with Crippen molar-refractivity contribution in [2.75, 3.05) is 0 Å². The molecule has 0 radical (unpaired) electrons. The molecule has 0 saturated carbocycles. The molecule has 3 N–H and O–H groups in total. The van der Waals surface area contributed by atoms with Crippen LogP contribution in [0.2, 0.25) is 0 Å². The Morgan fingerprint density at radius 1 is 1.26 bits per heavy atom. The second kappa shape index (κ2) is 12.7. The smallest absolute Gasteiger partial charge is 0.309 e. The predicted octanol–water partition coefficient (Wildman–Crippen LogP) is 4.06. The van der Waals surface area contributed by atoms with E-state index in [1.807, 2.05) is 25.3 Å². The number of aliphatic hydroxyl groups excluding tert-OH is 3. The molecule has 1 aliphatic rings. The zero-order valence-corrected chi connectivity index (χ0v) is 21.7. The summed E-state index contributed by atoms with van der Waals surface area (Å²) in [5.41, 5.74) is 0.621. The van der Waals surface area contributed by atoms with Gasteiger partial charge in [-0.1, -0.05) is 39.3 Å². The van der Waals surface area contributed by atoms with Gasteiger partial charge < -0.3 is 20.1 Å². The number of thiazole rings is 1.